The van der Waals surface area contributed by atoms with Gasteiger partial charge in [0.15, 0.2) is 12.4 Å². The van der Waals surface area contributed by atoms with E-state index < -0.39 is 0 Å². The average molecular weight is 726 g/mol. The predicted octanol–water partition coefficient (Wildman–Crippen LogP) is 6.52. The lowest BCUT2D eigenvalue weighted by Crippen LogP contribution is -2.44. The molecule has 0 saturated heterocycles. The zero-order chi connectivity index (χ0) is 31.3. The van der Waals surface area contributed by atoms with Crippen LogP contribution in [0.1, 0.15) is 51.8 Å². The van der Waals surface area contributed by atoms with Crippen molar-refractivity contribution in [1.82, 2.24) is 29.7 Å². The van der Waals surface area contributed by atoms with Gasteiger partial charge in [0.25, 0.3) is 5.91 Å². The van der Waals surface area contributed by atoms with Crippen LogP contribution in [0.15, 0.2) is 60.9 Å². The van der Waals surface area contributed by atoms with Crippen LogP contribution in [0.4, 0.5) is 11.5 Å². The molecule has 230 valence electrons. The van der Waals surface area contributed by atoms with Crippen molar-refractivity contribution in [2.75, 3.05) is 18.5 Å². The van der Waals surface area contributed by atoms with Crippen LogP contribution in [0.5, 0.6) is 5.75 Å². The van der Waals surface area contributed by atoms with Gasteiger partial charge in [-0.1, -0.05) is 38.1 Å². The first-order valence-electron chi connectivity index (χ1n) is 14.7. The molecule has 1 aliphatic heterocycles. The van der Waals surface area contributed by atoms with Crippen LogP contribution in [0, 0.1) is 0 Å². The SMILES string of the molecule is CCC(=O)N1CCc2nc(-c3cccc(OCC(=O)NC(C)(C)CC)c3)nc(Nc3ccc(-c4cnn(PI)c4)cc3)c2C1. The smallest absolute Gasteiger partial charge is 0.258 e. The molecule has 4 aromatic rings. The van der Waals surface area contributed by atoms with Crippen LogP contribution in [-0.4, -0.2) is 54.9 Å². The summed E-state index contributed by atoms with van der Waals surface area (Å²) in [4.78, 5) is 36.8. The molecule has 2 aromatic carbocycles. The molecule has 0 bridgehead atoms. The molecule has 44 heavy (non-hydrogen) atoms. The van der Waals surface area contributed by atoms with E-state index in [1.165, 1.54) is 0 Å². The number of carbonyl (C=O) groups excluding carboxylic acids is 2. The first kappa shape index (κ1) is 31.8. The van der Waals surface area contributed by atoms with Crippen molar-refractivity contribution >= 4 is 51.7 Å². The van der Waals surface area contributed by atoms with Crippen LogP contribution in [-0.2, 0) is 22.6 Å². The summed E-state index contributed by atoms with van der Waals surface area (Å²) < 4.78 is 7.75. The van der Waals surface area contributed by atoms with Crippen LogP contribution in [0.2, 0.25) is 0 Å². The number of amides is 2. The number of aromatic nitrogens is 4. The third-order valence-electron chi connectivity index (χ3n) is 7.69. The lowest BCUT2D eigenvalue weighted by Gasteiger charge is -2.29. The molecule has 2 N–H and O–H groups in total. The second-order valence-corrected chi connectivity index (χ2v) is 13.4. The van der Waals surface area contributed by atoms with Crippen molar-refractivity contribution in [3.8, 4) is 28.3 Å². The van der Waals surface area contributed by atoms with Gasteiger partial charge in [0.2, 0.25) is 5.91 Å². The Hall–Kier alpha value is -3.57. The Morgan fingerprint density at radius 2 is 1.86 bits per heavy atom. The molecule has 1 unspecified atom stereocenters. The molecule has 0 spiro atoms. The molecule has 0 aliphatic carbocycles. The summed E-state index contributed by atoms with van der Waals surface area (Å²) in [5, 5.41) is 10.9. The van der Waals surface area contributed by atoms with Gasteiger partial charge in [-0.3, -0.25) is 9.59 Å². The maximum atomic E-state index is 12.6. The third-order valence-corrected chi connectivity index (χ3v) is 9.59. The predicted molar refractivity (Wildman–Crippen MR) is 184 cm³/mol. The largest absolute Gasteiger partial charge is 0.484 e. The number of anilines is 2. The Morgan fingerprint density at radius 3 is 2.57 bits per heavy atom. The van der Waals surface area contributed by atoms with Gasteiger partial charge in [-0.25, -0.2) is 14.4 Å². The number of halogens is 1. The topological polar surface area (TPSA) is 114 Å². The molecular formula is C32H37IN7O3P. The number of fused-ring (bicyclic) bond motifs is 1. The van der Waals surface area contributed by atoms with Crippen molar-refractivity contribution < 1.29 is 14.3 Å². The number of carbonyl (C=O) groups is 2. The molecule has 5 rings (SSSR count). The molecule has 0 saturated carbocycles. The van der Waals surface area contributed by atoms with Gasteiger partial charge in [0, 0.05) is 53.5 Å². The number of benzene rings is 2. The van der Waals surface area contributed by atoms with Gasteiger partial charge in [-0.05, 0) is 72.1 Å². The second-order valence-electron chi connectivity index (χ2n) is 11.3. The zero-order valence-corrected chi connectivity index (χ0v) is 28.5. The van der Waals surface area contributed by atoms with Crippen molar-refractivity contribution in [1.29, 1.82) is 0 Å². The van der Waals surface area contributed by atoms with Crippen LogP contribution < -0.4 is 15.4 Å². The fourth-order valence-electron chi connectivity index (χ4n) is 4.86. The number of ether oxygens (including phenoxy) is 1. The lowest BCUT2D eigenvalue weighted by atomic mass is 10.0. The minimum absolute atomic E-state index is 0.0821. The van der Waals surface area contributed by atoms with Crippen LogP contribution >= 0.6 is 28.4 Å². The molecule has 0 radical (unpaired) electrons. The first-order valence-corrected chi connectivity index (χ1v) is 18.7. The molecule has 12 heteroatoms. The summed E-state index contributed by atoms with van der Waals surface area (Å²) in [6, 6.07) is 15.6. The Morgan fingerprint density at radius 1 is 1.07 bits per heavy atom. The van der Waals surface area contributed by atoms with Crippen molar-refractivity contribution in [2.24, 2.45) is 0 Å². The molecule has 10 nitrogen and oxygen atoms in total. The highest BCUT2D eigenvalue weighted by molar-refractivity contribution is 14.2. The van der Waals surface area contributed by atoms with Crippen molar-refractivity contribution in [3.05, 3.63) is 72.2 Å². The van der Waals surface area contributed by atoms with Crippen LogP contribution in [0.25, 0.3) is 22.5 Å². The minimum atomic E-state index is -0.293. The van der Waals surface area contributed by atoms with Gasteiger partial charge in [-0.2, -0.15) is 5.10 Å². The maximum absolute atomic E-state index is 12.6. The van der Waals surface area contributed by atoms with E-state index in [1.54, 1.807) is 0 Å². The van der Waals surface area contributed by atoms with E-state index in [-0.39, 0.29) is 24.0 Å². The average Bonchev–Trinajstić information content (AvgIpc) is 3.53. The molecule has 2 amide bonds. The van der Waals surface area contributed by atoms with E-state index in [1.807, 2.05) is 85.8 Å². The summed E-state index contributed by atoms with van der Waals surface area (Å²) in [5.41, 5.74) is 5.32. The molecule has 0 fully saturated rings. The Bertz CT molecular complexity index is 1640. The number of nitrogens with one attached hydrogen (secondary N) is 2. The van der Waals surface area contributed by atoms with Gasteiger partial charge >= 0.3 is 0 Å². The third kappa shape index (κ3) is 7.74. The summed E-state index contributed by atoms with van der Waals surface area (Å²) >= 11 is 2.31. The Kier molecular flexibility index (Phi) is 10.2. The monoisotopic (exact) mass is 725 g/mol. The van der Waals surface area contributed by atoms with Gasteiger partial charge in [0.05, 0.1) is 24.8 Å². The number of hydrogen-bond donors (Lipinski definition) is 2. The van der Waals surface area contributed by atoms with Crippen molar-refractivity contribution in [3.63, 3.8) is 0 Å². The van der Waals surface area contributed by atoms with E-state index in [0.717, 1.165) is 40.1 Å². The normalized spacial score (nSPS) is 13.2. The molecular weight excluding hydrogens is 688 g/mol. The molecule has 1 atom stereocenters. The zero-order valence-electron chi connectivity index (χ0n) is 25.4. The fraction of sp³-hybridized carbons (Fsp3) is 0.344. The quantitative estimate of drug-likeness (QED) is 0.134. The molecule has 3 heterocycles. The van der Waals surface area contributed by atoms with Crippen LogP contribution in [0.3, 0.4) is 0 Å². The highest BCUT2D eigenvalue weighted by Crippen LogP contribution is 2.32. The summed E-state index contributed by atoms with van der Waals surface area (Å²) in [6.07, 6.45) is 6.36. The van der Waals surface area contributed by atoms with E-state index in [9.17, 15) is 9.59 Å². The van der Waals surface area contributed by atoms with Gasteiger partial charge in [-0.15, -0.1) is 0 Å². The molecule has 2 aromatic heterocycles. The van der Waals surface area contributed by atoms with Gasteiger partial charge < -0.3 is 20.3 Å². The Labute approximate surface area is 272 Å². The van der Waals surface area contributed by atoms with E-state index >= 15 is 0 Å². The summed E-state index contributed by atoms with van der Waals surface area (Å²) in [7, 11) is 0. The first-order chi connectivity index (χ1) is 21.2. The van der Waals surface area contributed by atoms with E-state index in [4.69, 9.17) is 14.7 Å². The second kappa shape index (κ2) is 14.0. The Balaban J connectivity index is 1.41. The van der Waals surface area contributed by atoms with E-state index in [2.05, 4.69) is 49.9 Å². The van der Waals surface area contributed by atoms with E-state index in [0.29, 0.717) is 49.7 Å². The number of nitrogens with zero attached hydrogens (tertiary/aromatic N) is 5. The van der Waals surface area contributed by atoms with Crippen molar-refractivity contribution in [2.45, 2.75) is 59.0 Å². The lowest BCUT2D eigenvalue weighted by molar-refractivity contribution is -0.131. The number of hydrogen-bond acceptors (Lipinski definition) is 7. The summed E-state index contributed by atoms with van der Waals surface area (Å²) in [6.45, 7) is 8.86. The highest BCUT2D eigenvalue weighted by atomic mass is 127. The molecule has 1 aliphatic rings. The standard InChI is InChI=1S/C32H37IN7O3P/c1-5-29(42)39-15-14-27-26(19-39)31(35-24-12-10-21(11-13-24)23-17-34-40(18-23)44-33)37-30(36-27)22-8-7-9-25(16-22)43-20-28(41)38-32(3,4)6-2/h7-13,16-18,44H,5-6,14-15,19-20H2,1-4H3,(H,38,41)(H,35,36,37). The number of rotatable bonds is 11. The minimum Gasteiger partial charge on any atom is -0.484 e. The maximum Gasteiger partial charge on any atom is 0.258 e. The fourth-order valence-corrected chi connectivity index (χ4v) is 5.94. The highest BCUT2D eigenvalue weighted by Gasteiger charge is 2.25. The van der Waals surface area contributed by atoms with Gasteiger partial charge in [0.1, 0.15) is 11.6 Å². The summed E-state index contributed by atoms with van der Waals surface area (Å²) in [5.74, 6) is 1.71.